The van der Waals surface area contributed by atoms with Gasteiger partial charge in [-0.05, 0) is 44.0 Å². The van der Waals surface area contributed by atoms with Crippen LogP contribution in [0.25, 0.3) is 0 Å². The number of rotatable bonds is 5. The highest BCUT2D eigenvalue weighted by Gasteiger charge is 2.23. The number of carbonyl (C=O) groups excluding carboxylic acids is 1. The van der Waals surface area contributed by atoms with Gasteiger partial charge in [0.25, 0.3) is 5.91 Å². The summed E-state index contributed by atoms with van der Waals surface area (Å²) in [5.41, 5.74) is 1.24. The van der Waals surface area contributed by atoms with Gasteiger partial charge in [-0.15, -0.1) is 0 Å². The Kier molecular flexibility index (Phi) is 4.58. The number of benzene rings is 1. The molecule has 0 fully saturated rings. The molecule has 1 aromatic carbocycles. The minimum atomic E-state index is -0.387. The molecular formula is C17H20N2O2. The number of nitrogens with one attached hydrogen (secondary N) is 1. The van der Waals surface area contributed by atoms with E-state index in [9.17, 15) is 4.79 Å². The van der Waals surface area contributed by atoms with Gasteiger partial charge < -0.3 is 10.1 Å². The lowest BCUT2D eigenvalue weighted by Gasteiger charge is -2.27. The van der Waals surface area contributed by atoms with E-state index >= 15 is 0 Å². The lowest BCUT2D eigenvalue weighted by atomic mass is 9.94. The van der Waals surface area contributed by atoms with E-state index in [1.54, 1.807) is 31.6 Å². The molecule has 0 unspecified atom stereocenters. The first-order valence-electron chi connectivity index (χ1n) is 6.86. The van der Waals surface area contributed by atoms with Crippen molar-refractivity contribution in [2.45, 2.75) is 25.8 Å². The number of hydrogen-bond acceptors (Lipinski definition) is 3. The number of carbonyl (C=O) groups is 1. The van der Waals surface area contributed by atoms with Gasteiger partial charge in [0.05, 0.1) is 12.7 Å². The number of ether oxygens (including phenoxy) is 1. The highest BCUT2D eigenvalue weighted by molar-refractivity contribution is 5.94. The van der Waals surface area contributed by atoms with E-state index in [4.69, 9.17) is 4.74 Å². The van der Waals surface area contributed by atoms with Gasteiger partial charge in [0.2, 0.25) is 0 Å². The normalized spacial score (nSPS) is 11.0. The molecule has 0 aliphatic carbocycles. The van der Waals surface area contributed by atoms with Gasteiger partial charge in [0, 0.05) is 17.9 Å². The van der Waals surface area contributed by atoms with E-state index in [1.807, 2.05) is 38.1 Å². The Morgan fingerprint density at radius 3 is 2.67 bits per heavy atom. The molecule has 0 radical (unpaired) electrons. The van der Waals surface area contributed by atoms with E-state index in [1.165, 1.54) is 0 Å². The molecule has 0 aliphatic heterocycles. The van der Waals surface area contributed by atoms with E-state index in [2.05, 4.69) is 10.3 Å². The maximum atomic E-state index is 12.2. The van der Waals surface area contributed by atoms with Gasteiger partial charge in [-0.3, -0.25) is 9.78 Å². The molecule has 0 saturated carbocycles. The zero-order valence-electron chi connectivity index (χ0n) is 12.6. The average Bonchev–Trinajstić information content (AvgIpc) is 2.47. The van der Waals surface area contributed by atoms with Gasteiger partial charge in [-0.25, -0.2) is 0 Å². The lowest BCUT2D eigenvalue weighted by Crippen LogP contribution is -2.45. The summed E-state index contributed by atoms with van der Waals surface area (Å²) in [6, 6.07) is 11.3. The molecule has 1 aromatic heterocycles. The van der Waals surface area contributed by atoms with E-state index in [0.717, 1.165) is 11.3 Å². The number of pyridine rings is 1. The van der Waals surface area contributed by atoms with Crippen LogP contribution in [0.2, 0.25) is 0 Å². The van der Waals surface area contributed by atoms with Crippen molar-refractivity contribution in [1.29, 1.82) is 0 Å². The van der Waals surface area contributed by atoms with Crippen LogP contribution in [0, 0.1) is 0 Å². The number of aromatic nitrogens is 1. The first-order valence-corrected chi connectivity index (χ1v) is 6.86. The fourth-order valence-corrected chi connectivity index (χ4v) is 2.25. The SMILES string of the molecule is COc1ccccc1CC(C)(C)NC(=O)c1cccnc1. The van der Waals surface area contributed by atoms with E-state index in [-0.39, 0.29) is 11.4 Å². The molecule has 1 amide bonds. The standard InChI is InChI=1S/C17H20N2O2/c1-17(2,11-13-7-4-5-9-15(13)21-3)19-16(20)14-8-6-10-18-12-14/h4-10,12H,11H2,1-3H3,(H,19,20). The molecule has 21 heavy (non-hydrogen) atoms. The summed E-state index contributed by atoms with van der Waals surface area (Å²) in [7, 11) is 1.65. The van der Waals surface area contributed by atoms with Crippen molar-refractivity contribution < 1.29 is 9.53 Å². The second-order valence-corrected chi connectivity index (χ2v) is 5.57. The molecule has 0 saturated heterocycles. The Bertz CT molecular complexity index is 609. The van der Waals surface area contributed by atoms with Gasteiger partial charge in [0.15, 0.2) is 0 Å². The Morgan fingerprint density at radius 2 is 2.00 bits per heavy atom. The number of methoxy groups -OCH3 is 1. The maximum absolute atomic E-state index is 12.2. The quantitative estimate of drug-likeness (QED) is 0.918. The molecule has 4 heteroatoms. The highest BCUT2D eigenvalue weighted by Crippen LogP contribution is 2.22. The Labute approximate surface area is 125 Å². The molecule has 0 spiro atoms. The molecule has 0 aliphatic rings. The molecule has 2 rings (SSSR count). The second-order valence-electron chi connectivity index (χ2n) is 5.57. The van der Waals surface area contributed by atoms with Crippen LogP contribution in [-0.2, 0) is 6.42 Å². The van der Waals surface area contributed by atoms with Crippen LogP contribution < -0.4 is 10.1 Å². The van der Waals surface area contributed by atoms with Gasteiger partial charge in [0.1, 0.15) is 5.75 Å². The summed E-state index contributed by atoms with van der Waals surface area (Å²) in [5, 5.41) is 3.04. The predicted molar refractivity (Wildman–Crippen MR) is 82.5 cm³/mol. The lowest BCUT2D eigenvalue weighted by molar-refractivity contribution is 0.0912. The van der Waals surface area contributed by atoms with Crippen molar-refractivity contribution in [3.05, 3.63) is 59.9 Å². The minimum Gasteiger partial charge on any atom is -0.496 e. The molecule has 0 atom stereocenters. The molecule has 0 bridgehead atoms. The fourth-order valence-electron chi connectivity index (χ4n) is 2.25. The third-order valence-corrected chi connectivity index (χ3v) is 3.20. The van der Waals surface area contributed by atoms with Gasteiger partial charge in [-0.1, -0.05) is 18.2 Å². The number of para-hydroxylation sites is 1. The van der Waals surface area contributed by atoms with E-state index in [0.29, 0.717) is 12.0 Å². The first kappa shape index (κ1) is 15.0. The molecule has 4 nitrogen and oxygen atoms in total. The van der Waals surface area contributed by atoms with Crippen LogP contribution in [0.3, 0.4) is 0 Å². The summed E-state index contributed by atoms with van der Waals surface area (Å²) in [6.45, 7) is 3.99. The largest absolute Gasteiger partial charge is 0.496 e. The number of amides is 1. The third kappa shape index (κ3) is 4.05. The highest BCUT2D eigenvalue weighted by atomic mass is 16.5. The van der Waals surface area contributed by atoms with Gasteiger partial charge >= 0.3 is 0 Å². The van der Waals surface area contributed by atoms with Gasteiger partial charge in [-0.2, -0.15) is 0 Å². The predicted octanol–water partition coefficient (Wildman–Crippen LogP) is 2.84. The molecule has 110 valence electrons. The Morgan fingerprint density at radius 1 is 1.24 bits per heavy atom. The summed E-state index contributed by atoms with van der Waals surface area (Å²) in [6.07, 6.45) is 3.90. The maximum Gasteiger partial charge on any atom is 0.253 e. The smallest absolute Gasteiger partial charge is 0.253 e. The zero-order chi connectivity index (χ0) is 15.3. The van der Waals surface area contributed by atoms with Crippen LogP contribution in [-0.4, -0.2) is 23.5 Å². The topological polar surface area (TPSA) is 51.2 Å². The number of nitrogens with zero attached hydrogens (tertiary/aromatic N) is 1. The van der Waals surface area contributed by atoms with E-state index < -0.39 is 0 Å². The third-order valence-electron chi connectivity index (χ3n) is 3.20. The van der Waals surface area contributed by atoms with Crippen molar-refractivity contribution in [2.24, 2.45) is 0 Å². The fraction of sp³-hybridized carbons (Fsp3) is 0.294. The van der Waals surface area contributed by atoms with Crippen molar-refractivity contribution in [1.82, 2.24) is 10.3 Å². The van der Waals surface area contributed by atoms with Crippen LogP contribution in [0.15, 0.2) is 48.8 Å². The van der Waals surface area contributed by atoms with Crippen molar-refractivity contribution in [3.8, 4) is 5.75 Å². The second kappa shape index (κ2) is 6.39. The minimum absolute atomic E-state index is 0.122. The number of hydrogen-bond donors (Lipinski definition) is 1. The molecule has 1 N–H and O–H groups in total. The summed E-state index contributed by atoms with van der Waals surface area (Å²) >= 11 is 0. The summed E-state index contributed by atoms with van der Waals surface area (Å²) in [4.78, 5) is 16.2. The molecule has 2 aromatic rings. The molecular weight excluding hydrogens is 264 g/mol. The summed E-state index contributed by atoms with van der Waals surface area (Å²) in [5.74, 6) is 0.712. The van der Waals surface area contributed by atoms with Crippen LogP contribution in [0.1, 0.15) is 29.8 Å². The Hall–Kier alpha value is -2.36. The van der Waals surface area contributed by atoms with Crippen LogP contribution >= 0.6 is 0 Å². The molecule has 1 heterocycles. The zero-order valence-corrected chi connectivity index (χ0v) is 12.6. The Balaban J connectivity index is 2.10. The van der Waals surface area contributed by atoms with Crippen LogP contribution in [0.4, 0.5) is 0 Å². The van der Waals surface area contributed by atoms with Crippen molar-refractivity contribution >= 4 is 5.91 Å². The first-order chi connectivity index (χ1) is 10.0. The monoisotopic (exact) mass is 284 g/mol. The summed E-state index contributed by atoms with van der Waals surface area (Å²) < 4.78 is 5.36. The van der Waals surface area contributed by atoms with Crippen molar-refractivity contribution in [2.75, 3.05) is 7.11 Å². The average molecular weight is 284 g/mol. The van der Waals surface area contributed by atoms with Crippen LogP contribution in [0.5, 0.6) is 5.75 Å². The van der Waals surface area contributed by atoms with Crippen molar-refractivity contribution in [3.63, 3.8) is 0 Å².